The Morgan fingerprint density at radius 1 is 1.11 bits per heavy atom. The van der Waals surface area contributed by atoms with Crippen LogP contribution in [0.4, 0.5) is 0 Å². The quantitative estimate of drug-likeness (QED) is 0.540. The van der Waals surface area contributed by atoms with Crippen molar-refractivity contribution < 1.29 is 27.4 Å². The van der Waals surface area contributed by atoms with Gasteiger partial charge in [0.2, 0.25) is 0 Å². The molecule has 0 radical (unpaired) electrons. The van der Waals surface area contributed by atoms with Gasteiger partial charge >= 0.3 is 10.4 Å². The molecule has 0 saturated carbocycles. The molecule has 10 heteroatoms. The second-order valence-electron chi connectivity index (χ2n) is 5.74. The number of hydrogen-bond donors (Lipinski definition) is 3. The number of aliphatic hydroxyl groups excluding tert-OH is 1. The van der Waals surface area contributed by atoms with Gasteiger partial charge in [-0.2, -0.15) is 8.42 Å². The Morgan fingerprint density at radius 2 is 1.75 bits per heavy atom. The molecule has 3 N–H and O–H groups in total. The van der Waals surface area contributed by atoms with Gasteiger partial charge in [-0.05, 0) is 24.6 Å². The number of aryl methyl sites for hydroxylation is 1. The van der Waals surface area contributed by atoms with E-state index in [0.717, 1.165) is 5.56 Å². The third kappa shape index (κ3) is 6.13. The molecule has 150 valence electrons. The Hall–Kier alpha value is -2.79. The molecule has 0 spiro atoms. The molecule has 0 fully saturated rings. The van der Waals surface area contributed by atoms with E-state index in [9.17, 15) is 4.79 Å². The molecule has 0 atom stereocenters. The zero-order chi connectivity index (χ0) is 20.7. The van der Waals surface area contributed by atoms with Crippen molar-refractivity contribution in [2.45, 2.75) is 20.0 Å². The van der Waals surface area contributed by atoms with Crippen molar-refractivity contribution in [3.8, 4) is 5.75 Å². The number of pyridine rings is 1. The Labute approximate surface area is 161 Å². The monoisotopic (exact) mass is 408 g/mol. The number of nitrogens with zero attached hydrogens (tertiary/aromatic N) is 2. The van der Waals surface area contributed by atoms with Crippen LogP contribution in [-0.4, -0.2) is 38.6 Å². The van der Waals surface area contributed by atoms with E-state index in [1.165, 1.54) is 4.40 Å². The number of benzene rings is 1. The normalized spacial score (nSPS) is 11.0. The smallest absolute Gasteiger partial charge is 0.394 e. The minimum atomic E-state index is -4.67. The van der Waals surface area contributed by atoms with Gasteiger partial charge in [-0.25, -0.2) is 4.98 Å². The molecule has 0 aliphatic heterocycles. The molecule has 0 bridgehead atoms. The molecular formula is C18H20N2O7S. The van der Waals surface area contributed by atoms with Gasteiger partial charge in [0, 0.05) is 30.5 Å². The predicted molar refractivity (Wildman–Crippen MR) is 102 cm³/mol. The molecule has 0 aliphatic carbocycles. The van der Waals surface area contributed by atoms with Gasteiger partial charge < -0.3 is 9.84 Å². The van der Waals surface area contributed by atoms with Crippen molar-refractivity contribution in [1.29, 1.82) is 0 Å². The van der Waals surface area contributed by atoms with Gasteiger partial charge in [0.25, 0.3) is 5.56 Å². The Balaban J connectivity index is 0.000000500. The van der Waals surface area contributed by atoms with E-state index >= 15 is 0 Å². The standard InChI is InChI=1S/C18H18N2O3.H2O4S/c1-13-15(9-11-21)18(22)20-10-5-8-16(17(20)19-13)23-12-14-6-3-2-4-7-14;1-5(2,3)4/h2-8,10,21H,9,11-12H2,1H3;(H2,1,2,3,4). The van der Waals surface area contributed by atoms with Crippen molar-refractivity contribution in [3.05, 3.63) is 75.8 Å². The average Bonchev–Trinajstić information content (AvgIpc) is 2.63. The Bertz CT molecular complexity index is 1090. The van der Waals surface area contributed by atoms with Gasteiger partial charge in [-0.3, -0.25) is 18.3 Å². The van der Waals surface area contributed by atoms with Crippen LogP contribution in [0.5, 0.6) is 5.75 Å². The van der Waals surface area contributed by atoms with Crippen LogP contribution in [-0.2, 0) is 23.4 Å². The van der Waals surface area contributed by atoms with Gasteiger partial charge in [-0.15, -0.1) is 0 Å². The minimum absolute atomic E-state index is 0.0754. The summed E-state index contributed by atoms with van der Waals surface area (Å²) in [4.78, 5) is 17.0. The molecule has 3 aromatic rings. The van der Waals surface area contributed by atoms with Crippen molar-refractivity contribution in [2.75, 3.05) is 6.61 Å². The molecule has 0 amide bonds. The highest BCUT2D eigenvalue weighted by atomic mass is 32.3. The van der Waals surface area contributed by atoms with Crippen LogP contribution in [0.2, 0.25) is 0 Å². The molecule has 0 unspecified atom stereocenters. The highest BCUT2D eigenvalue weighted by Gasteiger charge is 2.12. The first kappa shape index (κ1) is 21.5. The van der Waals surface area contributed by atoms with Crippen LogP contribution >= 0.6 is 0 Å². The van der Waals surface area contributed by atoms with Crippen LogP contribution in [0.1, 0.15) is 16.8 Å². The molecular weight excluding hydrogens is 388 g/mol. The first-order valence-corrected chi connectivity index (χ1v) is 9.58. The van der Waals surface area contributed by atoms with Crippen molar-refractivity contribution in [1.82, 2.24) is 9.38 Å². The fourth-order valence-electron chi connectivity index (χ4n) is 2.53. The van der Waals surface area contributed by atoms with E-state index < -0.39 is 10.4 Å². The zero-order valence-electron chi connectivity index (χ0n) is 15.0. The lowest BCUT2D eigenvalue weighted by atomic mass is 10.2. The lowest BCUT2D eigenvalue weighted by Gasteiger charge is -2.12. The number of aliphatic hydroxyl groups is 1. The first-order valence-electron chi connectivity index (χ1n) is 8.19. The Kier molecular flexibility index (Phi) is 7.24. The summed E-state index contributed by atoms with van der Waals surface area (Å²) in [6.45, 7) is 2.11. The summed E-state index contributed by atoms with van der Waals surface area (Å²) in [5.74, 6) is 0.562. The molecule has 9 nitrogen and oxygen atoms in total. The fraction of sp³-hybridized carbons (Fsp3) is 0.222. The number of rotatable bonds is 5. The highest BCUT2D eigenvalue weighted by molar-refractivity contribution is 7.79. The summed E-state index contributed by atoms with van der Waals surface area (Å²) in [5.41, 5.74) is 2.54. The third-order valence-corrected chi connectivity index (χ3v) is 3.72. The second kappa shape index (κ2) is 9.42. The van der Waals surface area contributed by atoms with Gasteiger partial charge in [0.1, 0.15) is 6.61 Å². The summed E-state index contributed by atoms with van der Waals surface area (Å²) < 4.78 is 38.9. The molecule has 3 rings (SSSR count). The number of aromatic nitrogens is 2. The van der Waals surface area contributed by atoms with Crippen LogP contribution in [0.25, 0.3) is 5.65 Å². The molecule has 28 heavy (non-hydrogen) atoms. The van der Waals surface area contributed by atoms with Crippen molar-refractivity contribution in [2.24, 2.45) is 0 Å². The number of hydrogen-bond acceptors (Lipinski definition) is 6. The SMILES string of the molecule is Cc1nc2c(OCc3ccccc3)cccn2c(=O)c1CCO.O=S(=O)(O)O. The average molecular weight is 408 g/mol. The lowest BCUT2D eigenvalue weighted by molar-refractivity contribution is 0.298. The van der Waals surface area contributed by atoms with E-state index in [1.54, 1.807) is 25.3 Å². The van der Waals surface area contributed by atoms with Crippen LogP contribution in [0.3, 0.4) is 0 Å². The first-order chi connectivity index (χ1) is 13.2. The molecule has 2 aromatic heterocycles. The second-order valence-corrected chi connectivity index (χ2v) is 6.64. The van der Waals surface area contributed by atoms with E-state index in [2.05, 4.69) is 4.98 Å². The van der Waals surface area contributed by atoms with E-state index in [-0.39, 0.29) is 12.2 Å². The van der Waals surface area contributed by atoms with Crippen molar-refractivity contribution in [3.63, 3.8) is 0 Å². The summed E-state index contributed by atoms with van der Waals surface area (Å²) in [6.07, 6.45) is 1.97. The van der Waals surface area contributed by atoms with E-state index in [4.69, 9.17) is 27.4 Å². The van der Waals surface area contributed by atoms with Crippen molar-refractivity contribution >= 4 is 16.0 Å². The number of fused-ring (bicyclic) bond motifs is 1. The summed E-state index contributed by atoms with van der Waals surface area (Å²) in [6, 6.07) is 13.4. The molecule has 0 saturated heterocycles. The molecule has 2 heterocycles. The minimum Gasteiger partial charge on any atom is -0.485 e. The maximum Gasteiger partial charge on any atom is 0.394 e. The van der Waals surface area contributed by atoms with E-state index in [0.29, 0.717) is 35.7 Å². The fourth-order valence-corrected chi connectivity index (χ4v) is 2.53. The van der Waals surface area contributed by atoms with Crippen LogP contribution in [0.15, 0.2) is 53.5 Å². The van der Waals surface area contributed by atoms with Crippen LogP contribution in [0, 0.1) is 6.92 Å². The topological polar surface area (TPSA) is 138 Å². The summed E-state index contributed by atoms with van der Waals surface area (Å²) >= 11 is 0. The third-order valence-electron chi connectivity index (χ3n) is 3.72. The summed E-state index contributed by atoms with van der Waals surface area (Å²) in [5, 5.41) is 9.10. The van der Waals surface area contributed by atoms with Gasteiger partial charge in [0.15, 0.2) is 11.4 Å². The lowest BCUT2D eigenvalue weighted by Crippen LogP contribution is -2.22. The van der Waals surface area contributed by atoms with E-state index in [1.807, 2.05) is 30.3 Å². The molecule has 0 aliphatic rings. The van der Waals surface area contributed by atoms with Gasteiger partial charge in [-0.1, -0.05) is 30.3 Å². The molecule has 1 aromatic carbocycles. The highest BCUT2D eigenvalue weighted by Crippen LogP contribution is 2.19. The Morgan fingerprint density at radius 3 is 2.36 bits per heavy atom. The maximum atomic E-state index is 12.5. The summed E-state index contributed by atoms with van der Waals surface area (Å²) in [7, 11) is -4.67. The number of ether oxygens (including phenoxy) is 1. The van der Waals surface area contributed by atoms with Gasteiger partial charge in [0.05, 0.1) is 0 Å². The predicted octanol–water partition coefficient (Wildman–Crippen LogP) is 1.46. The van der Waals surface area contributed by atoms with Crippen LogP contribution < -0.4 is 10.3 Å². The largest absolute Gasteiger partial charge is 0.485 e. The maximum absolute atomic E-state index is 12.5. The zero-order valence-corrected chi connectivity index (χ0v) is 15.8.